The van der Waals surface area contributed by atoms with E-state index in [1.807, 2.05) is 11.1 Å². The van der Waals surface area contributed by atoms with E-state index in [1.165, 1.54) is 89.9 Å². The van der Waals surface area contributed by atoms with Crippen molar-refractivity contribution in [3.05, 3.63) is 12.4 Å². The highest BCUT2D eigenvalue weighted by Gasteiger charge is 2.17. The van der Waals surface area contributed by atoms with E-state index in [1.54, 1.807) is 0 Å². The van der Waals surface area contributed by atoms with Crippen molar-refractivity contribution in [1.29, 1.82) is 0 Å². The molecular formula is C21H41ClN2O. The third-order valence-electron chi connectivity index (χ3n) is 5.13. The minimum absolute atomic E-state index is 0.261. The molecule has 0 spiro atoms. The highest BCUT2D eigenvalue weighted by Crippen LogP contribution is 2.14. The molecule has 4 heteroatoms. The zero-order valence-electron chi connectivity index (χ0n) is 16.5. The molecule has 1 aliphatic rings. The maximum atomic E-state index is 9.69. The van der Waals surface area contributed by atoms with Crippen LogP contribution in [0.2, 0.25) is 0 Å². The summed E-state index contributed by atoms with van der Waals surface area (Å²) < 4.78 is 0. The van der Waals surface area contributed by atoms with E-state index in [4.69, 9.17) is 11.6 Å². The number of halogens is 1. The number of hydrogen-bond donors (Lipinski definition) is 1. The van der Waals surface area contributed by atoms with Crippen LogP contribution in [-0.4, -0.2) is 40.2 Å². The maximum Gasteiger partial charge on any atom is 0.141 e. The van der Waals surface area contributed by atoms with E-state index in [0.29, 0.717) is 0 Å². The molecule has 0 amide bonds. The summed E-state index contributed by atoms with van der Waals surface area (Å²) in [5, 5.41) is 9.69. The van der Waals surface area contributed by atoms with Crippen molar-refractivity contribution < 1.29 is 5.11 Å². The van der Waals surface area contributed by atoms with Gasteiger partial charge in [0.05, 0.1) is 12.5 Å². The molecule has 1 rings (SSSR count). The second-order valence-corrected chi connectivity index (χ2v) is 7.81. The van der Waals surface area contributed by atoms with Gasteiger partial charge in [0.2, 0.25) is 0 Å². The van der Waals surface area contributed by atoms with Crippen molar-refractivity contribution in [2.75, 3.05) is 19.1 Å². The molecule has 0 aromatic rings. The highest BCUT2D eigenvalue weighted by molar-refractivity contribution is 6.18. The molecule has 0 radical (unpaired) electrons. The highest BCUT2D eigenvalue weighted by atomic mass is 35.5. The summed E-state index contributed by atoms with van der Waals surface area (Å²) in [4.78, 5) is 4.15. The minimum atomic E-state index is -0.556. The lowest BCUT2D eigenvalue weighted by Crippen LogP contribution is -2.35. The average molecular weight is 373 g/mol. The summed E-state index contributed by atoms with van der Waals surface area (Å²) in [6.45, 7) is 4.14. The number of aliphatic hydroxyl groups excluding tert-OH is 1. The third kappa shape index (κ3) is 11.8. The van der Waals surface area contributed by atoms with Crippen LogP contribution in [0.4, 0.5) is 0 Å². The molecular weight excluding hydrogens is 332 g/mol. The topological polar surface area (TPSA) is 26.7 Å². The Morgan fingerprint density at radius 2 is 1.28 bits per heavy atom. The first kappa shape index (κ1) is 22.6. The van der Waals surface area contributed by atoms with Crippen LogP contribution >= 0.6 is 11.6 Å². The van der Waals surface area contributed by atoms with Gasteiger partial charge in [0.15, 0.2) is 0 Å². The van der Waals surface area contributed by atoms with Crippen molar-refractivity contribution in [2.45, 2.75) is 103 Å². The first-order valence-electron chi connectivity index (χ1n) is 10.7. The lowest BCUT2D eigenvalue weighted by molar-refractivity contribution is 0.0436. The fraction of sp³-hybridized carbons (Fsp3) is 0.905. The molecule has 0 aliphatic carbocycles. The van der Waals surface area contributed by atoms with Crippen LogP contribution in [0.5, 0.6) is 0 Å². The molecule has 0 aromatic carbocycles. The number of unbranched alkanes of at least 4 members (excludes halogenated alkanes) is 13. The van der Waals surface area contributed by atoms with E-state index >= 15 is 0 Å². The summed E-state index contributed by atoms with van der Waals surface area (Å²) in [5.74, 6) is 0.261. The Bertz CT molecular complexity index is 325. The molecule has 0 fully saturated rings. The van der Waals surface area contributed by atoms with E-state index in [0.717, 1.165) is 13.2 Å². The number of hydrogen-bond acceptors (Lipinski definition) is 3. The maximum absolute atomic E-state index is 9.69. The Kier molecular flexibility index (Phi) is 14.3. The number of rotatable bonds is 17. The molecule has 0 aromatic heterocycles. The molecule has 1 heterocycles. The summed E-state index contributed by atoms with van der Waals surface area (Å²) in [6.07, 6.45) is 23.0. The Hall–Kier alpha value is -0.410. The molecule has 25 heavy (non-hydrogen) atoms. The lowest BCUT2D eigenvalue weighted by atomic mass is 10.0. The number of nitrogens with zero attached hydrogens (tertiary/aromatic N) is 2. The van der Waals surface area contributed by atoms with Gasteiger partial charge in [0.1, 0.15) is 6.23 Å². The van der Waals surface area contributed by atoms with Crippen LogP contribution in [0, 0.1) is 0 Å². The molecule has 148 valence electrons. The molecule has 1 unspecified atom stereocenters. The minimum Gasteiger partial charge on any atom is -0.372 e. The van der Waals surface area contributed by atoms with Gasteiger partial charge in [-0.1, -0.05) is 90.4 Å². The van der Waals surface area contributed by atoms with E-state index in [-0.39, 0.29) is 5.88 Å². The monoisotopic (exact) mass is 372 g/mol. The zero-order valence-corrected chi connectivity index (χ0v) is 17.2. The second-order valence-electron chi connectivity index (χ2n) is 7.50. The van der Waals surface area contributed by atoms with Crippen LogP contribution < -0.4 is 0 Å². The third-order valence-corrected chi connectivity index (χ3v) is 5.41. The summed E-state index contributed by atoms with van der Waals surface area (Å²) in [7, 11) is 0. The predicted octanol–water partition coefficient (Wildman–Crippen LogP) is 6.07. The first-order valence-corrected chi connectivity index (χ1v) is 11.2. The van der Waals surface area contributed by atoms with Gasteiger partial charge in [-0.2, -0.15) is 0 Å². The van der Waals surface area contributed by atoms with Crippen LogP contribution in [0.1, 0.15) is 96.8 Å². The Morgan fingerprint density at radius 3 is 1.76 bits per heavy atom. The van der Waals surface area contributed by atoms with Crippen molar-refractivity contribution in [3.8, 4) is 0 Å². The smallest absolute Gasteiger partial charge is 0.141 e. The molecule has 0 bridgehead atoms. The van der Waals surface area contributed by atoms with Crippen LogP contribution in [-0.2, 0) is 0 Å². The van der Waals surface area contributed by atoms with Crippen LogP contribution in [0.25, 0.3) is 0 Å². The lowest BCUT2D eigenvalue weighted by Gasteiger charge is -2.24. The second kappa shape index (κ2) is 15.8. The predicted molar refractivity (Wildman–Crippen MR) is 110 cm³/mol. The van der Waals surface area contributed by atoms with Crippen LogP contribution in [0.3, 0.4) is 0 Å². The number of alkyl halides is 1. The molecule has 1 atom stereocenters. The zero-order chi connectivity index (χ0) is 18.2. The SMILES string of the molecule is CCCCCCCCCCCCCCCCN1C=CN(C(O)CCl)C1. The molecule has 0 saturated carbocycles. The standard InChI is InChI=1S/C21H41ClN2O/c1-2-3-4-5-6-7-8-9-10-11-12-13-14-15-16-23-17-18-24(20-23)21(25)19-22/h17-18,21,25H,2-16,19-20H2,1H3. The van der Waals surface area contributed by atoms with Gasteiger partial charge in [0.25, 0.3) is 0 Å². The van der Waals surface area contributed by atoms with Gasteiger partial charge in [0, 0.05) is 18.9 Å². The molecule has 0 saturated heterocycles. The Morgan fingerprint density at radius 1 is 0.800 bits per heavy atom. The van der Waals surface area contributed by atoms with E-state index < -0.39 is 6.23 Å². The summed E-state index contributed by atoms with van der Waals surface area (Å²) in [5.41, 5.74) is 0. The molecule has 1 aliphatic heterocycles. The fourth-order valence-electron chi connectivity index (χ4n) is 3.42. The quantitative estimate of drug-likeness (QED) is 0.248. The normalized spacial score (nSPS) is 15.3. The van der Waals surface area contributed by atoms with Gasteiger partial charge in [-0.15, -0.1) is 11.6 Å². The van der Waals surface area contributed by atoms with Gasteiger partial charge in [-0.3, -0.25) is 0 Å². The summed E-state index contributed by atoms with van der Waals surface area (Å²) >= 11 is 5.68. The largest absolute Gasteiger partial charge is 0.372 e. The molecule has 1 N–H and O–H groups in total. The van der Waals surface area contributed by atoms with Crippen LogP contribution in [0.15, 0.2) is 12.4 Å². The Balaban J connectivity index is 1.77. The van der Waals surface area contributed by atoms with Gasteiger partial charge in [-0.25, -0.2) is 0 Å². The van der Waals surface area contributed by atoms with E-state index in [9.17, 15) is 5.11 Å². The fourth-order valence-corrected chi connectivity index (χ4v) is 3.60. The average Bonchev–Trinajstić information content (AvgIpc) is 3.10. The molecule has 3 nitrogen and oxygen atoms in total. The van der Waals surface area contributed by atoms with Gasteiger partial charge in [-0.05, 0) is 6.42 Å². The van der Waals surface area contributed by atoms with E-state index in [2.05, 4.69) is 18.0 Å². The van der Waals surface area contributed by atoms with Crippen molar-refractivity contribution in [2.24, 2.45) is 0 Å². The number of aliphatic hydroxyl groups is 1. The first-order chi connectivity index (χ1) is 12.3. The van der Waals surface area contributed by atoms with Crippen molar-refractivity contribution >= 4 is 11.6 Å². The van der Waals surface area contributed by atoms with Gasteiger partial charge < -0.3 is 14.9 Å². The van der Waals surface area contributed by atoms with Crippen molar-refractivity contribution in [1.82, 2.24) is 9.80 Å². The van der Waals surface area contributed by atoms with Crippen molar-refractivity contribution in [3.63, 3.8) is 0 Å². The van der Waals surface area contributed by atoms with Gasteiger partial charge >= 0.3 is 0 Å². The summed E-state index contributed by atoms with van der Waals surface area (Å²) in [6, 6.07) is 0. The Labute approximate surface area is 161 Å².